The first-order valence-electron chi connectivity index (χ1n) is 10.6. The molecule has 0 bridgehead atoms. The maximum atomic E-state index is 13.1. The average Bonchev–Trinajstić information content (AvgIpc) is 2.76. The summed E-state index contributed by atoms with van der Waals surface area (Å²) in [7, 11) is 1.62. The van der Waals surface area contributed by atoms with E-state index in [1.54, 1.807) is 18.9 Å². The van der Waals surface area contributed by atoms with Gasteiger partial charge < -0.3 is 15.0 Å². The van der Waals surface area contributed by atoms with Crippen molar-refractivity contribution in [2.45, 2.75) is 59.0 Å². The van der Waals surface area contributed by atoms with Crippen LogP contribution in [-0.4, -0.2) is 36.4 Å². The number of benzene rings is 2. The fraction of sp³-hybridized carbons (Fsp3) is 0.440. The van der Waals surface area contributed by atoms with Crippen molar-refractivity contribution in [2.24, 2.45) is 0 Å². The molecule has 0 fully saturated rings. The van der Waals surface area contributed by atoms with Gasteiger partial charge in [-0.25, -0.2) is 0 Å². The van der Waals surface area contributed by atoms with Crippen LogP contribution in [0.2, 0.25) is 0 Å². The number of methoxy groups -OCH3 is 1. The number of hydrogen-bond donors (Lipinski definition) is 1. The molecule has 1 atom stereocenters. The zero-order valence-electron chi connectivity index (χ0n) is 18.8. The van der Waals surface area contributed by atoms with Gasteiger partial charge in [0.25, 0.3) is 0 Å². The van der Waals surface area contributed by atoms with Crippen molar-refractivity contribution < 1.29 is 14.3 Å². The first-order valence-corrected chi connectivity index (χ1v) is 10.6. The van der Waals surface area contributed by atoms with Gasteiger partial charge in [0, 0.05) is 19.5 Å². The van der Waals surface area contributed by atoms with Gasteiger partial charge in [-0.3, -0.25) is 9.59 Å². The Morgan fingerprint density at radius 3 is 2.10 bits per heavy atom. The minimum atomic E-state index is -0.539. The van der Waals surface area contributed by atoms with Gasteiger partial charge in [-0.2, -0.15) is 0 Å². The molecule has 0 aliphatic heterocycles. The SMILES string of the molecule is CCNC(=O)C(C)N(Cc1ccc(OC)cc1)C(=O)CCc1ccc(C(C)C)cc1. The molecule has 0 aliphatic rings. The first kappa shape index (κ1) is 23.5. The molecule has 0 saturated heterocycles. The third kappa shape index (κ3) is 6.61. The predicted octanol–water partition coefficient (Wildman–Crippen LogP) is 4.30. The highest BCUT2D eigenvalue weighted by Crippen LogP contribution is 2.18. The van der Waals surface area contributed by atoms with Gasteiger partial charge in [0.15, 0.2) is 0 Å². The number of hydrogen-bond acceptors (Lipinski definition) is 3. The van der Waals surface area contributed by atoms with Crippen LogP contribution < -0.4 is 10.1 Å². The summed E-state index contributed by atoms with van der Waals surface area (Å²) < 4.78 is 5.21. The Bertz CT molecular complexity index is 813. The lowest BCUT2D eigenvalue weighted by molar-refractivity contribution is -0.140. The van der Waals surface area contributed by atoms with E-state index in [1.807, 2.05) is 31.2 Å². The second-order valence-corrected chi connectivity index (χ2v) is 7.84. The topological polar surface area (TPSA) is 58.6 Å². The fourth-order valence-corrected chi connectivity index (χ4v) is 3.30. The molecule has 5 nitrogen and oxygen atoms in total. The summed E-state index contributed by atoms with van der Waals surface area (Å²) in [4.78, 5) is 27.2. The normalized spacial score (nSPS) is 11.8. The quantitative estimate of drug-likeness (QED) is 0.635. The van der Waals surface area contributed by atoms with E-state index in [9.17, 15) is 9.59 Å². The molecule has 2 aromatic rings. The van der Waals surface area contributed by atoms with Crippen LogP contribution in [0.15, 0.2) is 48.5 Å². The van der Waals surface area contributed by atoms with E-state index in [2.05, 4.69) is 43.4 Å². The van der Waals surface area contributed by atoms with Gasteiger partial charge in [0.1, 0.15) is 11.8 Å². The lowest BCUT2D eigenvalue weighted by Gasteiger charge is -2.29. The second-order valence-electron chi connectivity index (χ2n) is 7.84. The van der Waals surface area contributed by atoms with Crippen LogP contribution in [-0.2, 0) is 22.6 Å². The van der Waals surface area contributed by atoms with E-state index in [4.69, 9.17) is 4.74 Å². The predicted molar refractivity (Wildman–Crippen MR) is 121 cm³/mol. The van der Waals surface area contributed by atoms with Gasteiger partial charge in [-0.15, -0.1) is 0 Å². The number of nitrogens with one attached hydrogen (secondary N) is 1. The Kier molecular flexibility index (Phi) is 8.90. The number of likely N-dealkylation sites (N-methyl/N-ethyl adjacent to an activating group) is 1. The molecule has 0 aromatic heterocycles. The average molecular weight is 411 g/mol. The smallest absolute Gasteiger partial charge is 0.242 e. The van der Waals surface area contributed by atoms with Crippen LogP contribution >= 0.6 is 0 Å². The van der Waals surface area contributed by atoms with Crippen LogP contribution in [0.5, 0.6) is 5.75 Å². The van der Waals surface area contributed by atoms with Gasteiger partial charge in [0.2, 0.25) is 11.8 Å². The Labute approximate surface area is 180 Å². The number of amides is 2. The summed E-state index contributed by atoms with van der Waals surface area (Å²) in [6.07, 6.45) is 1.01. The van der Waals surface area contributed by atoms with Crippen molar-refractivity contribution in [3.8, 4) is 5.75 Å². The molecule has 0 spiro atoms. The summed E-state index contributed by atoms with van der Waals surface area (Å²) in [5.74, 6) is 1.08. The minimum Gasteiger partial charge on any atom is -0.497 e. The molecule has 5 heteroatoms. The van der Waals surface area contributed by atoms with Crippen LogP contribution in [0.3, 0.4) is 0 Å². The van der Waals surface area contributed by atoms with E-state index in [-0.39, 0.29) is 11.8 Å². The van der Waals surface area contributed by atoms with Gasteiger partial charge in [0.05, 0.1) is 7.11 Å². The zero-order valence-corrected chi connectivity index (χ0v) is 18.8. The molecule has 2 rings (SSSR count). The van der Waals surface area contributed by atoms with Crippen molar-refractivity contribution in [1.82, 2.24) is 10.2 Å². The van der Waals surface area contributed by atoms with Crippen molar-refractivity contribution >= 4 is 11.8 Å². The van der Waals surface area contributed by atoms with Crippen molar-refractivity contribution in [2.75, 3.05) is 13.7 Å². The van der Waals surface area contributed by atoms with E-state index in [1.165, 1.54) is 5.56 Å². The van der Waals surface area contributed by atoms with Gasteiger partial charge in [-0.1, -0.05) is 50.2 Å². The maximum absolute atomic E-state index is 13.1. The first-order chi connectivity index (χ1) is 14.3. The number of rotatable bonds is 10. The molecule has 0 aliphatic carbocycles. The highest BCUT2D eigenvalue weighted by atomic mass is 16.5. The Morgan fingerprint density at radius 1 is 0.967 bits per heavy atom. The Balaban J connectivity index is 2.10. The number of nitrogens with zero attached hydrogens (tertiary/aromatic N) is 1. The molecule has 1 unspecified atom stereocenters. The third-order valence-corrected chi connectivity index (χ3v) is 5.30. The monoisotopic (exact) mass is 410 g/mol. The lowest BCUT2D eigenvalue weighted by atomic mass is 10.00. The molecule has 0 radical (unpaired) electrons. The van der Waals surface area contributed by atoms with Crippen molar-refractivity contribution in [3.63, 3.8) is 0 Å². The highest BCUT2D eigenvalue weighted by Gasteiger charge is 2.25. The summed E-state index contributed by atoms with van der Waals surface area (Å²) >= 11 is 0. The molecule has 0 heterocycles. The Morgan fingerprint density at radius 2 is 1.57 bits per heavy atom. The zero-order chi connectivity index (χ0) is 22.1. The van der Waals surface area contributed by atoms with Crippen molar-refractivity contribution in [3.05, 3.63) is 65.2 Å². The fourth-order valence-electron chi connectivity index (χ4n) is 3.30. The van der Waals surface area contributed by atoms with E-state index in [0.717, 1.165) is 16.9 Å². The van der Waals surface area contributed by atoms with Gasteiger partial charge in [-0.05, 0) is 55.0 Å². The van der Waals surface area contributed by atoms with E-state index in [0.29, 0.717) is 31.8 Å². The molecular weight excluding hydrogens is 376 g/mol. The summed E-state index contributed by atoms with van der Waals surface area (Å²) in [6.45, 7) is 8.91. The van der Waals surface area contributed by atoms with Crippen molar-refractivity contribution in [1.29, 1.82) is 0 Å². The van der Waals surface area contributed by atoms with Crippen LogP contribution in [0.4, 0.5) is 0 Å². The highest BCUT2D eigenvalue weighted by molar-refractivity contribution is 5.87. The molecule has 162 valence electrons. The largest absolute Gasteiger partial charge is 0.497 e. The number of carbonyl (C=O) groups is 2. The van der Waals surface area contributed by atoms with Crippen LogP contribution in [0, 0.1) is 0 Å². The molecule has 30 heavy (non-hydrogen) atoms. The third-order valence-electron chi connectivity index (χ3n) is 5.30. The summed E-state index contributed by atoms with van der Waals surface area (Å²) in [6, 6.07) is 15.5. The molecule has 1 N–H and O–H groups in total. The van der Waals surface area contributed by atoms with E-state index < -0.39 is 6.04 Å². The standard InChI is InChI=1S/C25H34N2O3/c1-6-26-25(29)19(4)27(17-21-9-14-23(30-5)15-10-21)24(28)16-11-20-7-12-22(13-8-20)18(2)3/h7-10,12-15,18-19H,6,11,16-17H2,1-5H3,(H,26,29). The molecule has 2 aromatic carbocycles. The van der Waals surface area contributed by atoms with Crippen LogP contribution in [0.25, 0.3) is 0 Å². The minimum absolute atomic E-state index is 0.0301. The summed E-state index contributed by atoms with van der Waals surface area (Å²) in [5, 5.41) is 2.82. The molecule has 2 amide bonds. The number of aryl methyl sites for hydroxylation is 1. The second kappa shape index (κ2) is 11.4. The molecular formula is C25H34N2O3. The number of carbonyl (C=O) groups excluding carboxylic acids is 2. The Hall–Kier alpha value is -2.82. The lowest BCUT2D eigenvalue weighted by Crippen LogP contribution is -2.47. The summed E-state index contributed by atoms with van der Waals surface area (Å²) in [5.41, 5.74) is 3.38. The molecule has 0 saturated carbocycles. The van der Waals surface area contributed by atoms with E-state index >= 15 is 0 Å². The number of ether oxygens (including phenoxy) is 1. The maximum Gasteiger partial charge on any atom is 0.242 e. The van der Waals surface area contributed by atoms with Crippen LogP contribution in [0.1, 0.15) is 56.7 Å². The van der Waals surface area contributed by atoms with Gasteiger partial charge >= 0.3 is 0 Å².